The highest BCUT2D eigenvalue weighted by atomic mass is 79.9. The molecule has 0 saturated heterocycles. The minimum absolute atomic E-state index is 0.256. The fourth-order valence-electron chi connectivity index (χ4n) is 2.50. The first-order valence-corrected chi connectivity index (χ1v) is 9.20. The fourth-order valence-corrected chi connectivity index (χ4v) is 2.78. The minimum Gasteiger partial charge on any atom is -0.469 e. The molecule has 0 bridgehead atoms. The second-order valence-electron chi connectivity index (χ2n) is 5.95. The zero-order valence-electron chi connectivity index (χ0n) is 15.4. The highest BCUT2D eigenvalue weighted by Gasteiger charge is 2.19. The first-order valence-electron chi connectivity index (χ1n) is 8.40. The SMILES string of the molecule is CCN(CC(C)C(=O)OC)C(=O)/C=C/c1ccc(-n2cc(Br)cn2)c(F)c1. The zero-order valence-corrected chi connectivity index (χ0v) is 16.9. The Morgan fingerprint density at radius 2 is 2.19 bits per heavy atom. The standard InChI is InChI=1S/C19H21BrFN3O3/c1-4-23(11-13(2)19(26)27-3)18(25)8-6-14-5-7-17(16(21)9-14)24-12-15(20)10-22-24/h5-10,12-13H,4,11H2,1-3H3/b8-6+. The van der Waals surface area contributed by atoms with Crippen LogP contribution in [0.2, 0.25) is 0 Å². The molecule has 1 aromatic heterocycles. The highest BCUT2D eigenvalue weighted by Crippen LogP contribution is 2.18. The monoisotopic (exact) mass is 437 g/mol. The van der Waals surface area contributed by atoms with E-state index in [1.165, 1.54) is 28.8 Å². The number of nitrogens with zero attached hydrogens (tertiary/aromatic N) is 3. The Hall–Kier alpha value is -2.48. The van der Waals surface area contributed by atoms with E-state index in [1.807, 2.05) is 6.92 Å². The number of carbonyl (C=O) groups excluding carboxylic acids is 2. The molecule has 27 heavy (non-hydrogen) atoms. The molecule has 1 heterocycles. The second kappa shape index (κ2) is 9.45. The number of amides is 1. The molecule has 1 atom stereocenters. The number of carbonyl (C=O) groups is 2. The van der Waals surface area contributed by atoms with Gasteiger partial charge in [0.15, 0.2) is 0 Å². The van der Waals surface area contributed by atoms with Gasteiger partial charge in [0, 0.05) is 25.4 Å². The van der Waals surface area contributed by atoms with Gasteiger partial charge in [-0.15, -0.1) is 0 Å². The third-order valence-corrected chi connectivity index (χ3v) is 4.39. The quantitative estimate of drug-likeness (QED) is 0.491. The van der Waals surface area contributed by atoms with Gasteiger partial charge in [0.1, 0.15) is 11.5 Å². The summed E-state index contributed by atoms with van der Waals surface area (Å²) in [6, 6.07) is 4.63. The average molecular weight is 438 g/mol. The van der Waals surface area contributed by atoms with Crippen molar-refractivity contribution in [1.82, 2.24) is 14.7 Å². The maximum Gasteiger partial charge on any atom is 0.310 e. The van der Waals surface area contributed by atoms with E-state index in [4.69, 9.17) is 0 Å². The maximum absolute atomic E-state index is 14.3. The number of halogens is 2. The predicted molar refractivity (Wildman–Crippen MR) is 104 cm³/mol. The number of ether oxygens (including phenoxy) is 1. The number of benzene rings is 1. The molecule has 0 aliphatic rings. The number of hydrogen-bond acceptors (Lipinski definition) is 4. The first kappa shape index (κ1) is 20.8. The third-order valence-electron chi connectivity index (χ3n) is 3.98. The van der Waals surface area contributed by atoms with E-state index < -0.39 is 11.7 Å². The van der Waals surface area contributed by atoms with Crippen molar-refractivity contribution in [2.24, 2.45) is 5.92 Å². The summed E-state index contributed by atoms with van der Waals surface area (Å²) in [5, 5.41) is 4.05. The van der Waals surface area contributed by atoms with Crippen molar-refractivity contribution in [1.29, 1.82) is 0 Å². The van der Waals surface area contributed by atoms with Crippen molar-refractivity contribution in [3.8, 4) is 5.69 Å². The highest BCUT2D eigenvalue weighted by molar-refractivity contribution is 9.10. The van der Waals surface area contributed by atoms with Crippen LogP contribution >= 0.6 is 15.9 Å². The lowest BCUT2D eigenvalue weighted by Crippen LogP contribution is -2.36. The molecule has 1 amide bonds. The molecule has 1 unspecified atom stereocenters. The van der Waals surface area contributed by atoms with Gasteiger partial charge in [-0.2, -0.15) is 5.10 Å². The summed E-state index contributed by atoms with van der Waals surface area (Å²) in [6.07, 6.45) is 6.13. The van der Waals surface area contributed by atoms with Gasteiger partial charge in [0.25, 0.3) is 0 Å². The summed E-state index contributed by atoms with van der Waals surface area (Å²) >= 11 is 3.27. The number of methoxy groups -OCH3 is 1. The Labute approximate surface area is 165 Å². The van der Waals surface area contributed by atoms with Crippen LogP contribution in [0.1, 0.15) is 19.4 Å². The lowest BCUT2D eigenvalue weighted by atomic mass is 10.1. The smallest absolute Gasteiger partial charge is 0.310 e. The van der Waals surface area contributed by atoms with Crippen LogP contribution in [-0.4, -0.2) is 46.8 Å². The van der Waals surface area contributed by atoms with Gasteiger partial charge in [0.2, 0.25) is 5.91 Å². The van der Waals surface area contributed by atoms with E-state index in [9.17, 15) is 14.0 Å². The largest absolute Gasteiger partial charge is 0.469 e. The van der Waals surface area contributed by atoms with Crippen LogP contribution in [0.15, 0.2) is 41.1 Å². The van der Waals surface area contributed by atoms with Crippen LogP contribution in [-0.2, 0) is 14.3 Å². The molecule has 8 heteroatoms. The Bertz CT molecular complexity index is 850. The Morgan fingerprint density at radius 3 is 2.74 bits per heavy atom. The van der Waals surface area contributed by atoms with Crippen LogP contribution in [0.4, 0.5) is 4.39 Å². The Morgan fingerprint density at radius 1 is 1.44 bits per heavy atom. The van der Waals surface area contributed by atoms with Crippen LogP contribution in [0.3, 0.4) is 0 Å². The van der Waals surface area contributed by atoms with E-state index >= 15 is 0 Å². The molecule has 0 aliphatic carbocycles. The topological polar surface area (TPSA) is 64.4 Å². The van der Waals surface area contributed by atoms with Crippen molar-refractivity contribution in [2.75, 3.05) is 20.2 Å². The number of likely N-dealkylation sites (N-methyl/N-ethyl adjacent to an activating group) is 1. The predicted octanol–water partition coefficient (Wildman–Crippen LogP) is 3.44. The van der Waals surface area contributed by atoms with E-state index in [1.54, 1.807) is 37.5 Å². The van der Waals surface area contributed by atoms with E-state index in [0.717, 1.165) is 4.47 Å². The van der Waals surface area contributed by atoms with Crippen LogP contribution < -0.4 is 0 Å². The number of aromatic nitrogens is 2. The molecule has 2 rings (SSSR count). The zero-order chi connectivity index (χ0) is 20.0. The molecule has 144 valence electrons. The van der Waals surface area contributed by atoms with E-state index in [2.05, 4.69) is 25.8 Å². The molecular weight excluding hydrogens is 417 g/mol. The first-order chi connectivity index (χ1) is 12.8. The Balaban J connectivity index is 2.08. The van der Waals surface area contributed by atoms with Gasteiger partial charge in [0.05, 0.1) is 23.7 Å². The molecule has 6 nitrogen and oxygen atoms in total. The summed E-state index contributed by atoms with van der Waals surface area (Å²) in [7, 11) is 1.32. The van der Waals surface area contributed by atoms with Crippen molar-refractivity contribution in [3.63, 3.8) is 0 Å². The van der Waals surface area contributed by atoms with Crippen LogP contribution in [0.5, 0.6) is 0 Å². The van der Waals surface area contributed by atoms with Gasteiger partial charge < -0.3 is 9.64 Å². The van der Waals surface area contributed by atoms with Crippen molar-refractivity contribution in [3.05, 3.63) is 52.5 Å². The van der Waals surface area contributed by atoms with E-state index in [0.29, 0.717) is 17.8 Å². The maximum atomic E-state index is 14.3. The molecule has 0 fully saturated rings. The molecule has 2 aromatic rings. The van der Waals surface area contributed by atoms with E-state index in [-0.39, 0.29) is 18.4 Å². The number of esters is 1. The minimum atomic E-state index is -0.452. The number of hydrogen-bond donors (Lipinski definition) is 0. The second-order valence-corrected chi connectivity index (χ2v) is 6.86. The molecule has 0 N–H and O–H groups in total. The summed E-state index contributed by atoms with van der Waals surface area (Å²) in [5.74, 6) is -1.49. The summed E-state index contributed by atoms with van der Waals surface area (Å²) in [4.78, 5) is 25.4. The molecule has 0 aliphatic heterocycles. The molecule has 0 radical (unpaired) electrons. The molecule has 0 spiro atoms. The summed E-state index contributed by atoms with van der Waals surface area (Å²) in [5.41, 5.74) is 0.860. The van der Waals surface area contributed by atoms with Gasteiger partial charge >= 0.3 is 5.97 Å². The lowest BCUT2D eigenvalue weighted by Gasteiger charge is -2.22. The average Bonchev–Trinajstić information content (AvgIpc) is 3.09. The van der Waals surface area contributed by atoms with Crippen LogP contribution in [0, 0.1) is 11.7 Å². The van der Waals surface area contributed by atoms with Gasteiger partial charge in [-0.3, -0.25) is 9.59 Å². The molecular formula is C19H21BrFN3O3. The summed E-state index contributed by atoms with van der Waals surface area (Å²) < 4.78 is 21.2. The lowest BCUT2D eigenvalue weighted by molar-refractivity contribution is -0.146. The van der Waals surface area contributed by atoms with Gasteiger partial charge in [-0.25, -0.2) is 9.07 Å². The van der Waals surface area contributed by atoms with Gasteiger partial charge in [-0.05, 0) is 46.6 Å². The molecule has 1 aromatic carbocycles. The third kappa shape index (κ3) is 5.50. The molecule has 0 saturated carbocycles. The normalized spacial score (nSPS) is 12.2. The van der Waals surface area contributed by atoms with Crippen LogP contribution in [0.25, 0.3) is 11.8 Å². The summed E-state index contributed by atoms with van der Waals surface area (Å²) in [6.45, 7) is 4.24. The van der Waals surface area contributed by atoms with Crippen molar-refractivity contribution in [2.45, 2.75) is 13.8 Å². The number of rotatable bonds is 7. The van der Waals surface area contributed by atoms with Gasteiger partial charge in [-0.1, -0.05) is 13.0 Å². The fraction of sp³-hybridized carbons (Fsp3) is 0.316. The van der Waals surface area contributed by atoms with Crippen molar-refractivity contribution >= 4 is 33.9 Å². The Kier molecular flexibility index (Phi) is 7.29. The van der Waals surface area contributed by atoms with Crippen molar-refractivity contribution < 1.29 is 18.7 Å².